The van der Waals surface area contributed by atoms with Crippen LogP contribution in [-0.2, 0) is 4.79 Å². The average Bonchev–Trinajstić information content (AvgIpc) is 3.15. The van der Waals surface area contributed by atoms with Gasteiger partial charge in [-0.1, -0.05) is 19.3 Å². The highest BCUT2D eigenvalue weighted by Crippen LogP contribution is 2.46. The second kappa shape index (κ2) is 6.06. The summed E-state index contributed by atoms with van der Waals surface area (Å²) in [5.41, 5.74) is 0.809. The minimum atomic E-state index is -0.451. The van der Waals surface area contributed by atoms with E-state index in [1.54, 1.807) is 0 Å². The molecule has 0 aromatic heterocycles. The Morgan fingerprint density at radius 3 is 2.57 bits per heavy atom. The summed E-state index contributed by atoms with van der Waals surface area (Å²) in [6, 6.07) is 5.74. The molecule has 1 spiro atoms. The topological polar surface area (TPSA) is 47.6 Å². The Kier molecular flexibility index (Phi) is 3.92. The van der Waals surface area contributed by atoms with E-state index < -0.39 is 5.79 Å². The Balaban J connectivity index is 1.40. The summed E-state index contributed by atoms with van der Waals surface area (Å²) >= 11 is 0. The van der Waals surface area contributed by atoms with Crippen LogP contribution < -0.4 is 14.8 Å². The fourth-order valence-corrected chi connectivity index (χ4v) is 4.15. The van der Waals surface area contributed by atoms with E-state index in [9.17, 15) is 4.79 Å². The second-order valence-electron chi connectivity index (χ2n) is 7.24. The Hall–Kier alpha value is -1.71. The quantitative estimate of drug-likeness (QED) is 0.884. The number of hydrogen-bond acceptors (Lipinski definition) is 3. The van der Waals surface area contributed by atoms with Crippen molar-refractivity contribution in [3.05, 3.63) is 18.2 Å². The molecule has 4 nitrogen and oxygen atoms in total. The second-order valence-corrected chi connectivity index (χ2v) is 7.24. The van der Waals surface area contributed by atoms with Gasteiger partial charge in [0.1, 0.15) is 0 Å². The van der Waals surface area contributed by atoms with Crippen molar-refractivity contribution in [2.75, 3.05) is 5.32 Å². The fourth-order valence-electron chi connectivity index (χ4n) is 4.15. The van der Waals surface area contributed by atoms with Gasteiger partial charge < -0.3 is 14.8 Å². The van der Waals surface area contributed by atoms with Crippen LogP contribution in [0.2, 0.25) is 0 Å². The van der Waals surface area contributed by atoms with E-state index in [-0.39, 0.29) is 5.91 Å². The van der Waals surface area contributed by atoms with Crippen molar-refractivity contribution in [1.82, 2.24) is 0 Å². The van der Waals surface area contributed by atoms with E-state index >= 15 is 0 Å². The minimum Gasteiger partial charge on any atom is -0.448 e. The smallest absolute Gasteiger partial charge is 0.251 e. The van der Waals surface area contributed by atoms with E-state index in [0.717, 1.165) is 42.9 Å². The van der Waals surface area contributed by atoms with Gasteiger partial charge in [0.25, 0.3) is 5.79 Å². The molecule has 124 valence electrons. The first-order chi connectivity index (χ1) is 11.2. The van der Waals surface area contributed by atoms with E-state index in [1.165, 1.54) is 32.1 Å². The first-order valence-electron chi connectivity index (χ1n) is 9.04. The van der Waals surface area contributed by atoms with Crippen molar-refractivity contribution >= 4 is 11.6 Å². The molecule has 0 saturated heterocycles. The molecule has 2 aliphatic carbocycles. The van der Waals surface area contributed by atoms with Crippen LogP contribution in [0.15, 0.2) is 18.2 Å². The zero-order chi connectivity index (χ0) is 15.7. The third kappa shape index (κ3) is 3.17. The molecule has 1 aromatic carbocycles. The number of carbonyl (C=O) groups excluding carboxylic acids is 1. The van der Waals surface area contributed by atoms with Gasteiger partial charge in [0.2, 0.25) is 5.91 Å². The number of amides is 1. The molecule has 4 heteroatoms. The number of nitrogens with one attached hydrogen (secondary N) is 1. The maximum absolute atomic E-state index is 12.2. The number of carbonyl (C=O) groups is 1. The van der Waals surface area contributed by atoms with Crippen LogP contribution >= 0.6 is 0 Å². The van der Waals surface area contributed by atoms with Crippen LogP contribution in [0.5, 0.6) is 11.5 Å². The lowest BCUT2D eigenvalue weighted by molar-refractivity contribution is -0.117. The van der Waals surface area contributed by atoms with Gasteiger partial charge in [-0.15, -0.1) is 0 Å². The molecule has 4 rings (SSSR count). The van der Waals surface area contributed by atoms with E-state index in [1.807, 2.05) is 18.2 Å². The summed E-state index contributed by atoms with van der Waals surface area (Å²) in [6.07, 6.45) is 11.0. The third-order valence-corrected chi connectivity index (χ3v) is 5.38. The van der Waals surface area contributed by atoms with E-state index in [2.05, 4.69) is 5.32 Å². The molecule has 23 heavy (non-hydrogen) atoms. The molecule has 1 N–H and O–H groups in total. The molecule has 1 aromatic rings. The maximum Gasteiger partial charge on any atom is 0.251 e. The van der Waals surface area contributed by atoms with Crippen LogP contribution in [0.4, 0.5) is 5.69 Å². The lowest BCUT2D eigenvalue weighted by Gasteiger charge is -2.31. The standard InChI is InChI=1S/C19H25NO3/c21-18(12-14-6-2-3-7-14)20-15-8-9-16-17(13-15)23-19(22-16)10-4-1-5-11-19/h8-9,13-14H,1-7,10-12H2,(H,20,21). The lowest BCUT2D eigenvalue weighted by atomic mass is 9.94. The number of ether oxygens (including phenoxy) is 2. The number of fused-ring (bicyclic) bond motifs is 1. The van der Waals surface area contributed by atoms with Gasteiger partial charge in [-0.2, -0.15) is 0 Å². The molecule has 2 fully saturated rings. The monoisotopic (exact) mass is 315 g/mol. The molecule has 1 heterocycles. The van der Waals surface area contributed by atoms with Gasteiger partial charge in [0.15, 0.2) is 11.5 Å². The summed E-state index contributed by atoms with van der Waals surface area (Å²) in [7, 11) is 0. The molecule has 1 amide bonds. The number of rotatable bonds is 3. The molecule has 0 atom stereocenters. The van der Waals surface area contributed by atoms with Gasteiger partial charge in [-0.3, -0.25) is 4.79 Å². The van der Waals surface area contributed by atoms with Crippen molar-refractivity contribution in [3.8, 4) is 11.5 Å². The van der Waals surface area contributed by atoms with E-state index in [4.69, 9.17) is 9.47 Å². The molecular formula is C19H25NO3. The lowest BCUT2D eigenvalue weighted by Crippen LogP contribution is -2.40. The first-order valence-corrected chi connectivity index (χ1v) is 9.04. The molecule has 1 aliphatic heterocycles. The average molecular weight is 315 g/mol. The Morgan fingerprint density at radius 2 is 1.78 bits per heavy atom. The highest BCUT2D eigenvalue weighted by molar-refractivity contribution is 5.91. The van der Waals surface area contributed by atoms with Crippen molar-refractivity contribution in [2.24, 2.45) is 5.92 Å². The van der Waals surface area contributed by atoms with Gasteiger partial charge in [-0.25, -0.2) is 0 Å². The van der Waals surface area contributed by atoms with Gasteiger partial charge in [-0.05, 0) is 43.7 Å². The van der Waals surface area contributed by atoms with Crippen molar-refractivity contribution in [2.45, 2.75) is 70.0 Å². The normalized spacial score (nSPS) is 22.4. The van der Waals surface area contributed by atoms with Crippen LogP contribution in [0, 0.1) is 5.92 Å². The zero-order valence-corrected chi connectivity index (χ0v) is 13.6. The SMILES string of the molecule is O=C(CC1CCCC1)Nc1ccc2c(c1)OC1(CCCCC1)O2. The van der Waals surface area contributed by atoms with Crippen molar-refractivity contribution in [1.29, 1.82) is 0 Å². The van der Waals surface area contributed by atoms with Gasteiger partial charge in [0, 0.05) is 31.0 Å². The van der Waals surface area contributed by atoms with E-state index in [0.29, 0.717) is 12.3 Å². The van der Waals surface area contributed by atoms with Crippen LogP contribution in [0.25, 0.3) is 0 Å². The third-order valence-electron chi connectivity index (χ3n) is 5.38. The predicted octanol–water partition coefficient (Wildman–Crippen LogP) is 4.64. The molecule has 2 saturated carbocycles. The number of hydrogen-bond donors (Lipinski definition) is 1. The molecule has 0 bridgehead atoms. The summed E-state index contributed by atoms with van der Waals surface area (Å²) in [6.45, 7) is 0. The summed E-state index contributed by atoms with van der Waals surface area (Å²) in [4.78, 5) is 12.2. The fraction of sp³-hybridized carbons (Fsp3) is 0.632. The summed E-state index contributed by atoms with van der Waals surface area (Å²) < 4.78 is 12.2. The summed E-state index contributed by atoms with van der Waals surface area (Å²) in [5.74, 6) is 1.80. The van der Waals surface area contributed by atoms with Gasteiger partial charge >= 0.3 is 0 Å². The first kappa shape index (κ1) is 14.9. The maximum atomic E-state index is 12.2. The van der Waals surface area contributed by atoms with Crippen molar-refractivity contribution in [3.63, 3.8) is 0 Å². The van der Waals surface area contributed by atoms with Crippen LogP contribution in [-0.4, -0.2) is 11.7 Å². The zero-order valence-electron chi connectivity index (χ0n) is 13.6. The van der Waals surface area contributed by atoms with Crippen LogP contribution in [0.1, 0.15) is 64.2 Å². The number of benzene rings is 1. The molecular weight excluding hydrogens is 290 g/mol. The molecule has 0 radical (unpaired) electrons. The Labute approximate surface area is 137 Å². The predicted molar refractivity (Wildman–Crippen MR) is 88.7 cm³/mol. The van der Waals surface area contributed by atoms with Crippen LogP contribution in [0.3, 0.4) is 0 Å². The molecule has 3 aliphatic rings. The summed E-state index contributed by atoms with van der Waals surface area (Å²) in [5, 5.41) is 3.02. The largest absolute Gasteiger partial charge is 0.448 e. The van der Waals surface area contributed by atoms with Gasteiger partial charge in [0.05, 0.1) is 0 Å². The Bertz CT molecular complexity index is 586. The minimum absolute atomic E-state index is 0.114. The highest BCUT2D eigenvalue weighted by atomic mass is 16.7. The highest BCUT2D eigenvalue weighted by Gasteiger charge is 2.42. The molecule has 0 unspecified atom stereocenters. The van der Waals surface area contributed by atoms with Crippen molar-refractivity contribution < 1.29 is 14.3 Å². The number of anilines is 1. The Morgan fingerprint density at radius 1 is 1.04 bits per heavy atom.